The molecule has 1 aromatic rings. The summed E-state index contributed by atoms with van der Waals surface area (Å²) in [5, 5.41) is 0. The molecule has 0 radical (unpaired) electrons. The molecule has 1 heterocycles. The molecule has 3 rings (SSSR count). The zero-order valence-electron chi connectivity index (χ0n) is 14.9. The standard InChI is InChI=1S/C19H26FNO4/c1-23-11-12-25-17-5-6-19(17)7-9-21(10-8-19)18(22)14-3-4-16(24-2)15(20)13-14/h3-4,13,17H,5-12H2,1-2H3. The summed E-state index contributed by atoms with van der Waals surface area (Å²) < 4.78 is 29.7. The highest BCUT2D eigenvalue weighted by molar-refractivity contribution is 5.94. The number of piperidine rings is 1. The Labute approximate surface area is 148 Å². The SMILES string of the molecule is COCCOC1CCC12CCN(C(=O)c1ccc(OC)c(F)c1)CC2. The van der Waals surface area contributed by atoms with Crippen molar-refractivity contribution in [3.8, 4) is 5.75 Å². The predicted molar refractivity (Wildman–Crippen MR) is 91.4 cm³/mol. The first-order valence-electron chi connectivity index (χ1n) is 8.83. The second-order valence-corrected chi connectivity index (χ2v) is 6.89. The van der Waals surface area contributed by atoms with Crippen LogP contribution >= 0.6 is 0 Å². The maximum absolute atomic E-state index is 13.8. The summed E-state index contributed by atoms with van der Waals surface area (Å²) in [7, 11) is 3.08. The van der Waals surface area contributed by atoms with Crippen molar-refractivity contribution in [2.75, 3.05) is 40.5 Å². The lowest BCUT2D eigenvalue weighted by molar-refractivity contribution is -0.139. The quantitative estimate of drug-likeness (QED) is 0.740. The molecule has 2 aliphatic rings. The maximum atomic E-state index is 13.8. The van der Waals surface area contributed by atoms with Crippen molar-refractivity contribution in [1.82, 2.24) is 4.90 Å². The summed E-state index contributed by atoms with van der Waals surface area (Å²) in [5.41, 5.74) is 0.575. The fraction of sp³-hybridized carbons (Fsp3) is 0.632. The minimum absolute atomic E-state index is 0.118. The van der Waals surface area contributed by atoms with Crippen molar-refractivity contribution in [3.63, 3.8) is 0 Å². The van der Waals surface area contributed by atoms with Gasteiger partial charge in [-0.2, -0.15) is 0 Å². The van der Waals surface area contributed by atoms with Gasteiger partial charge in [0.25, 0.3) is 5.91 Å². The van der Waals surface area contributed by atoms with Crippen LogP contribution in [0.3, 0.4) is 0 Å². The number of carbonyl (C=O) groups excluding carboxylic acids is 1. The van der Waals surface area contributed by atoms with Gasteiger partial charge in [-0.25, -0.2) is 4.39 Å². The summed E-state index contributed by atoms with van der Waals surface area (Å²) in [5.74, 6) is -0.473. The molecule has 0 aromatic heterocycles. The van der Waals surface area contributed by atoms with Crippen LogP contribution in [0.15, 0.2) is 18.2 Å². The molecule has 1 unspecified atom stereocenters. The van der Waals surface area contributed by atoms with E-state index in [1.807, 2.05) is 4.90 Å². The van der Waals surface area contributed by atoms with E-state index in [1.165, 1.54) is 19.2 Å². The summed E-state index contributed by atoms with van der Waals surface area (Å²) in [6.45, 7) is 2.62. The van der Waals surface area contributed by atoms with Crippen LogP contribution in [0, 0.1) is 11.2 Å². The van der Waals surface area contributed by atoms with Crippen molar-refractivity contribution >= 4 is 5.91 Å². The summed E-state index contributed by atoms with van der Waals surface area (Å²) in [6, 6.07) is 4.37. The molecule has 0 bridgehead atoms. The molecule has 1 aromatic carbocycles. The van der Waals surface area contributed by atoms with E-state index >= 15 is 0 Å². The monoisotopic (exact) mass is 351 g/mol. The summed E-state index contributed by atoms with van der Waals surface area (Å²) in [4.78, 5) is 14.4. The van der Waals surface area contributed by atoms with Crippen LogP contribution in [-0.2, 0) is 9.47 Å². The lowest BCUT2D eigenvalue weighted by atomic mass is 9.60. The first kappa shape index (κ1) is 18.1. The molecular weight excluding hydrogens is 325 g/mol. The molecule has 0 N–H and O–H groups in total. The van der Waals surface area contributed by atoms with Crippen LogP contribution in [-0.4, -0.2) is 57.4 Å². The third-order valence-corrected chi connectivity index (χ3v) is 5.64. The van der Waals surface area contributed by atoms with Gasteiger partial charge in [0.05, 0.1) is 26.4 Å². The number of nitrogens with zero attached hydrogens (tertiary/aromatic N) is 1. The number of ether oxygens (including phenoxy) is 3. The number of rotatable bonds is 6. The van der Waals surface area contributed by atoms with Crippen molar-refractivity contribution in [2.24, 2.45) is 5.41 Å². The Morgan fingerprint density at radius 1 is 1.24 bits per heavy atom. The fourth-order valence-electron chi connectivity index (χ4n) is 3.91. The lowest BCUT2D eigenvalue weighted by Crippen LogP contribution is -2.54. The van der Waals surface area contributed by atoms with Crippen molar-refractivity contribution in [3.05, 3.63) is 29.6 Å². The Kier molecular flexibility index (Phi) is 5.59. The van der Waals surface area contributed by atoms with Gasteiger partial charge in [-0.15, -0.1) is 0 Å². The zero-order chi connectivity index (χ0) is 17.9. The molecule has 1 saturated heterocycles. The number of amides is 1. The number of hydrogen-bond acceptors (Lipinski definition) is 4. The van der Waals surface area contributed by atoms with E-state index in [0.717, 1.165) is 25.7 Å². The van der Waals surface area contributed by atoms with Crippen LogP contribution in [0.5, 0.6) is 5.75 Å². The van der Waals surface area contributed by atoms with Crippen molar-refractivity contribution in [2.45, 2.75) is 31.8 Å². The first-order valence-corrected chi connectivity index (χ1v) is 8.83. The van der Waals surface area contributed by atoms with Crippen molar-refractivity contribution < 1.29 is 23.4 Å². The summed E-state index contributed by atoms with van der Waals surface area (Å²) in [6.07, 6.45) is 4.40. The van der Waals surface area contributed by atoms with Crippen molar-refractivity contribution in [1.29, 1.82) is 0 Å². The van der Waals surface area contributed by atoms with Crippen LogP contribution in [0.2, 0.25) is 0 Å². The highest BCUT2D eigenvalue weighted by Crippen LogP contribution is 2.50. The predicted octanol–water partition coefficient (Wildman–Crippen LogP) is 2.88. The number of methoxy groups -OCH3 is 2. The van der Waals surface area contributed by atoms with Gasteiger partial charge in [-0.3, -0.25) is 4.79 Å². The molecule has 1 aliphatic heterocycles. The number of likely N-dealkylation sites (tertiary alicyclic amines) is 1. The fourth-order valence-corrected chi connectivity index (χ4v) is 3.91. The third-order valence-electron chi connectivity index (χ3n) is 5.64. The molecule has 25 heavy (non-hydrogen) atoms. The Balaban J connectivity index is 1.57. The molecule has 1 spiro atoms. The van der Waals surface area contributed by atoms with Gasteiger partial charge in [0.15, 0.2) is 11.6 Å². The first-order chi connectivity index (χ1) is 12.1. The Hall–Kier alpha value is -1.66. The van der Waals surface area contributed by atoms with Crippen LogP contribution in [0.4, 0.5) is 4.39 Å². The number of benzene rings is 1. The average Bonchev–Trinajstić information content (AvgIpc) is 2.63. The molecule has 1 aliphatic carbocycles. The van der Waals surface area contributed by atoms with Gasteiger partial charge >= 0.3 is 0 Å². The molecule has 138 valence electrons. The van der Waals surface area contributed by atoms with Gasteiger partial charge in [0, 0.05) is 31.2 Å². The minimum Gasteiger partial charge on any atom is -0.494 e. The molecule has 1 saturated carbocycles. The Morgan fingerprint density at radius 2 is 2.00 bits per heavy atom. The maximum Gasteiger partial charge on any atom is 0.253 e. The Morgan fingerprint density at radius 3 is 2.56 bits per heavy atom. The van der Waals surface area contributed by atoms with Gasteiger partial charge in [0.1, 0.15) is 0 Å². The third kappa shape index (κ3) is 3.65. The minimum atomic E-state index is -0.507. The van der Waals surface area contributed by atoms with Crippen LogP contribution < -0.4 is 4.74 Å². The molecule has 5 nitrogen and oxygen atoms in total. The smallest absolute Gasteiger partial charge is 0.253 e. The van der Waals surface area contributed by atoms with Gasteiger partial charge < -0.3 is 19.1 Å². The number of carbonyl (C=O) groups is 1. The topological polar surface area (TPSA) is 48.0 Å². The van der Waals surface area contributed by atoms with E-state index in [1.54, 1.807) is 13.2 Å². The second kappa shape index (κ2) is 7.70. The number of halogens is 1. The van der Waals surface area contributed by atoms with Gasteiger partial charge in [-0.1, -0.05) is 0 Å². The van der Waals surface area contributed by atoms with Crippen LogP contribution in [0.1, 0.15) is 36.0 Å². The molecule has 1 atom stereocenters. The highest BCUT2D eigenvalue weighted by Gasteiger charge is 2.49. The molecule has 6 heteroatoms. The van der Waals surface area contributed by atoms with E-state index in [-0.39, 0.29) is 23.2 Å². The number of hydrogen-bond donors (Lipinski definition) is 0. The normalized spacial score (nSPS) is 21.9. The largest absolute Gasteiger partial charge is 0.494 e. The van der Waals surface area contributed by atoms with Crippen LogP contribution in [0.25, 0.3) is 0 Å². The van der Waals surface area contributed by atoms with Gasteiger partial charge in [0.2, 0.25) is 0 Å². The highest BCUT2D eigenvalue weighted by atomic mass is 19.1. The molecular formula is C19H26FNO4. The Bertz CT molecular complexity index is 613. The van der Waals surface area contributed by atoms with E-state index < -0.39 is 5.82 Å². The van der Waals surface area contributed by atoms with E-state index in [4.69, 9.17) is 14.2 Å². The van der Waals surface area contributed by atoms with Gasteiger partial charge in [-0.05, 0) is 43.9 Å². The average molecular weight is 351 g/mol. The molecule has 1 amide bonds. The van der Waals surface area contributed by atoms with E-state index in [0.29, 0.717) is 31.9 Å². The molecule has 2 fully saturated rings. The second-order valence-electron chi connectivity index (χ2n) is 6.89. The summed E-state index contributed by atoms with van der Waals surface area (Å²) >= 11 is 0. The lowest BCUT2D eigenvalue weighted by Gasteiger charge is -2.53. The van der Waals surface area contributed by atoms with E-state index in [2.05, 4.69) is 0 Å². The zero-order valence-corrected chi connectivity index (χ0v) is 14.9. The van der Waals surface area contributed by atoms with E-state index in [9.17, 15) is 9.18 Å².